The average molecular weight is 290 g/mol. The molecule has 0 aliphatic rings. The van der Waals surface area contributed by atoms with Gasteiger partial charge in [-0.05, 0) is 41.9 Å². The van der Waals surface area contributed by atoms with Crippen LogP contribution in [0.15, 0.2) is 27.8 Å². The van der Waals surface area contributed by atoms with Crippen molar-refractivity contribution in [2.75, 3.05) is 7.11 Å². The van der Waals surface area contributed by atoms with Gasteiger partial charge < -0.3 is 4.74 Å². The standard InChI is InChI=1S/C10H12BrNO2S/c1-10(2,9(13)14-3)15-8-7(11)5-4-6-12-8/h4-6H,1-3H3. The van der Waals surface area contributed by atoms with Crippen molar-refractivity contribution in [1.82, 2.24) is 4.98 Å². The molecule has 82 valence electrons. The number of hydrogen-bond donors (Lipinski definition) is 0. The van der Waals surface area contributed by atoms with Gasteiger partial charge in [0.05, 0.1) is 7.11 Å². The van der Waals surface area contributed by atoms with Crippen molar-refractivity contribution in [2.45, 2.75) is 23.6 Å². The first kappa shape index (κ1) is 12.5. The molecule has 1 aromatic heterocycles. The van der Waals surface area contributed by atoms with Gasteiger partial charge in [0.15, 0.2) is 0 Å². The van der Waals surface area contributed by atoms with Crippen molar-refractivity contribution < 1.29 is 9.53 Å². The van der Waals surface area contributed by atoms with Crippen molar-refractivity contribution in [1.29, 1.82) is 0 Å². The Morgan fingerprint density at radius 1 is 1.60 bits per heavy atom. The maximum atomic E-state index is 11.5. The van der Waals surface area contributed by atoms with Crippen molar-refractivity contribution in [2.24, 2.45) is 0 Å². The van der Waals surface area contributed by atoms with Crippen molar-refractivity contribution in [3.8, 4) is 0 Å². The molecule has 0 atom stereocenters. The van der Waals surface area contributed by atoms with Crippen LogP contribution in [0.1, 0.15) is 13.8 Å². The lowest BCUT2D eigenvalue weighted by Gasteiger charge is -2.20. The van der Waals surface area contributed by atoms with Crippen molar-refractivity contribution in [3.63, 3.8) is 0 Å². The quantitative estimate of drug-likeness (QED) is 0.634. The van der Waals surface area contributed by atoms with Gasteiger partial charge in [0.1, 0.15) is 9.77 Å². The molecule has 0 bridgehead atoms. The molecule has 0 saturated carbocycles. The molecule has 0 aromatic carbocycles. The van der Waals surface area contributed by atoms with Crippen LogP contribution in [0.4, 0.5) is 0 Å². The molecule has 0 fully saturated rings. The van der Waals surface area contributed by atoms with Gasteiger partial charge in [-0.25, -0.2) is 4.98 Å². The highest BCUT2D eigenvalue weighted by molar-refractivity contribution is 9.10. The minimum atomic E-state index is -0.633. The second kappa shape index (κ2) is 4.99. The van der Waals surface area contributed by atoms with Crippen LogP contribution >= 0.6 is 27.7 Å². The molecule has 1 aromatic rings. The fourth-order valence-electron chi connectivity index (χ4n) is 0.975. The lowest BCUT2D eigenvalue weighted by atomic mass is 10.2. The monoisotopic (exact) mass is 289 g/mol. The number of carbonyl (C=O) groups is 1. The third-order valence-electron chi connectivity index (χ3n) is 1.75. The summed E-state index contributed by atoms with van der Waals surface area (Å²) < 4.78 is 4.97. The van der Waals surface area contributed by atoms with E-state index in [4.69, 9.17) is 4.74 Å². The smallest absolute Gasteiger partial charge is 0.321 e. The van der Waals surface area contributed by atoms with E-state index in [0.717, 1.165) is 9.50 Å². The van der Waals surface area contributed by atoms with E-state index in [0.29, 0.717) is 0 Å². The maximum Gasteiger partial charge on any atom is 0.321 e. The minimum Gasteiger partial charge on any atom is -0.468 e. The van der Waals surface area contributed by atoms with Gasteiger partial charge in [-0.15, -0.1) is 0 Å². The molecule has 1 rings (SSSR count). The Hall–Kier alpha value is -0.550. The summed E-state index contributed by atoms with van der Waals surface area (Å²) in [6.07, 6.45) is 1.69. The van der Waals surface area contributed by atoms with Crippen molar-refractivity contribution >= 4 is 33.7 Å². The highest BCUT2D eigenvalue weighted by Gasteiger charge is 2.31. The molecule has 0 radical (unpaired) electrons. The molecule has 5 heteroatoms. The summed E-state index contributed by atoms with van der Waals surface area (Å²) in [5, 5.41) is 0.785. The van der Waals surface area contributed by atoms with Gasteiger partial charge in [0.25, 0.3) is 0 Å². The number of pyridine rings is 1. The summed E-state index contributed by atoms with van der Waals surface area (Å²) in [6, 6.07) is 3.72. The van der Waals surface area contributed by atoms with E-state index in [1.807, 2.05) is 26.0 Å². The molecule has 0 aliphatic heterocycles. The van der Waals surface area contributed by atoms with Gasteiger partial charge >= 0.3 is 5.97 Å². The Morgan fingerprint density at radius 2 is 2.27 bits per heavy atom. The molecule has 0 N–H and O–H groups in total. The lowest BCUT2D eigenvalue weighted by Crippen LogP contribution is -2.29. The topological polar surface area (TPSA) is 39.2 Å². The van der Waals surface area contributed by atoms with Crippen LogP contribution in [0, 0.1) is 0 Å². The number of nitrogens with zero attached hydrogens (tertiary/aromatic N) is 1. The maximum absolute atomic E-state index is 11.5. The van der Waals surface area contributed by atoms with Crippen LogP contribution in [-0.4, -0.2) is 22.8 Å². The molecule has 0 spiro atoms. The van der Waals surface area contributed by atoms with E-state index >= 15 is 0 Å². The second-order valence-electron chi connectivity index (χ2n) is 3.39. The van der Waals surface area contributed by atoms with Gasteiger partial charge in [-0.2, -0.15) is 0 Å². The van der Waals surface area contributed by atoms with Crippen LogP contribution in [-0.2, 0) is 9.53 Å². The largest absolute Gasteiger partial charge is 0.468 e. The first-order chi connectivity index (χ1) is 6.97. The van der Waals surface area contributed by atoms with E-state index in [1.165, 1.54) is 18.9 Å². The number of thioether (sulfide) groups is 1. The van der Waals surface area contributed by atoms with Gasteiger partial charge in [-0.1, -0.05) is 11.8 Å². The van der Waals surface area contributed by atoms with Crippen LogP contribution in [0.5, 0.6) is 0 Å². The fraction of sp³-hybridized carbons (Fsp3) is 0.400. The van der Waals surface area contributed by atoms with Crippen molar-refractivity contribution in [3.05, 3.63) is 22.8 Å². The number of ether oxygens (including phenoxy) is 1. The lowest BCUT2D eigenvalue weighted by molar-refractivity contribution is -0.142. The number of halogens is 1. The first-order valence-electron chi connectivity index (χ1n) is 4.35. The summed E-state index contributed by atoms with van der Waals surface area (Å²) in [5.74, 6) is -0.259. The van der Waals surface area contributed by atoms with Crippen LogP contribution in [0.2, 0.25) is 0 Å². The Labute approximate surface area is 102 Å². The number of rotatable bonds is 3. The molecule has 3 nitrogen and oxygen atoms in total. The molecular weight excluding hydrogens is 278 g/mol. The molecule has 0 aliphatic carbocycles. The number of carbonyl (C=O) groups excluding carboxylic acids is 1. The van der Waals surface area contributed by atoms with E-state index < -0.39 is 4.75 Å². The van der Waals surface area contributed by atoms with Crippen LogP contribution in [0.3, 0.4) is 0 Å². The predicted molar refractivity (Wildman–Crippen MR) is 63.9 cm³/mol. The molecule has 1 heterocycles. The predicted octanol–water partition coefficient (Wildman–Crippen LogP) is 2.89. The highest BCUT2D eigenvalue weighted by Crippen LogP contribution is 2.35. The summed E-state index contributed by atoms with van der Waals surface area (Å²) in [7, 11) is 1.39. The van der Waals surface area contributed by atoms with E-state index in [1.54, 1.807) is 6.20 Å². The molecule has 0 amide bonds. The Morgan fingerprint density at radius 3 is 2.80 bits per heavy atom. The van der Waals surface area contributed by atoms with E-state index in [2.05, 4.69) is 20.9 Å². The Balaban J connectivity index is 2.86. The van der Waals surface area contributed by atoms with Crippen LogP contribution < -0.4 is 0 Å². The Bertz CT molecular complexity index is 368. The summed E-state index contributed by atoms with van der Waals surface area (Å²) in [4.78, 5) is 15.7. The van der Waals surface area contributed by atoms with E-state index in [-0.39, 0.29) is 5.97 Å². The Kier molecular flexibility index (Phi) is 4.16. The summed E-state index contributed by atoms with van der Waals surface area (Å²) in [5.41, 5.74) is 0. The minimum absolute atomic E-state index is 0.259. The molecular formula is C10H12BrNO2S. The fourth-order valence-corrected chi connectivity index (χ4v) is 2.40. The van der Waals surface area contributed by atoms with Crippen LogP contribution in [0.25, 0.3) is 0 Å². The summed E-state index contributed by atoms with van der Waals surface area (Å²) in [6.45, 7) is 3.62. The first-order valence-corrected chi connectivity index (χ1v) is 5.96. The third-order valence-corrected chi connectivity index (χ3v) is 3.85. The zero-order chi connectivity index (χ0) is 11.5. The summed E-state index contributed by atoms with van der Waals surface area (Å²) >= 11 is 4.76. The van der Waals surface area contributed by atoms with E-state index in [9.17, 15) is 4.79 Å². The molecule has 0 unspecified atom stereocenters. The third kappa shape index (κ3) is 3.21. The zero-order valence-corrected chi connectivity index (χ0v) is 11.2. The number of esters is 1. The number of methoxy groups -OCH3 is 1. The highest BCUT2D eigenvalue weighted by atomic mass is 79.9. The van der Waals surface area contributed by atoms with Gasteiger partial charge in [-0.3, -0.25) is 4.79 Å². The zero-order valence-electron chi connectivity index (χ0n) is 8.78. The SMILES string of the molecule is COC(=O)C(C)(C)Sc1ncccc1Br. The second-order valence-corrected chi connectivity index (χ2v) is 5.86. The molecule has 0 saturated heterocycles. The number of hydrogen-bond acceptors (Lipinski definition) is 4. The number of aromatic nitrogens is 1. The van der Waals surface area contributed by atoms with Gasteiger partial charge in [0, 0.05) is 10.7 Å². The van der Waals surface area contributed by atoms with Gasteiger partial charge in [0.2, 0.25) is 0 Å². The normalized spacial score (nSPS) is 11.2. The average Bonchev–Trinajstić information content (AvgIpc) is 2.20. The molecule has 15 heavy (non-hydrogen) atoms.